The summed E-state index contributed by atoms with van der Waals surface area (Å²) in [6.07, 6.45) is 0. The predicted octanol–water partition coefficient (Wildman–Crippen LogP) is 4.96. The largest absolute Gasteiger partial charge is 0.323 e. The zero-order valence-electron chi connectivity index (χ0n) is 11.5. The fourth-order valence-corrected chi connectivity index (χ4v) is 3.86. The van der Waals surface area contributed by atoms with Crippen LogP contribution in [0.25, 0.3) is 10.2 Å². The van der Waals surface area contributed by atoms with Gasteiger partial charge < -0.3 is 5.32 Å². The molecule has 0 aliphatic rings. The van der Waals surface area contributed by atoms with E-state index in [-0.39, 0.29) is 11.4 Å². The van der Waals surface area contributed by atoms with Crippen LogP contribution in [0.3, 0.4) is 0 Å². The molecule has 1 amide bonds. The number of fused-ring (bicyclic) bond motifs is 1. The number of benzene rings is 2. The lowest BCUT2D eigenvalue weighted by molar-refractivity contribution is -0.113. The van der Waals surface area contributed by atoms with Crippen LogP contribution in [0.15, 0.2) is 40.7 Å². The summed E-state index contributed by atoms with van der Waals surface area (Å²) in [6, 6.07) is 8.29. The van der Waals surface area contributed by atoms with Gasteiger partial charge in [0.2, 0.25) is 5.91 Å². The van der Waals surface area contributed by atoms with E-state index in [4.69, 9.17) is 11.6 Å². The monoisotopic (exact) mass is 370 g/mol. The molecule has 0 saturated carbocycles. The van der Waals surface area contributed by atoms with Crippen LogP contribution in [0.4, 0.5) is 14.5 Å². The summed E-state index contributed by atoms with van der Waals surface area (Å²) in [6.45, 7) is 0. The second kappa shape index (κ2) is 6.82. The van der Waals surface area contributed by atoms with Gasteiger partial charge in [-0.05, 0) is 30.3 Å². The maximum Gasteiger partial charge on any atom is 0.234 e. The molecule has 23 heavy (non-hydrogen) atoms. The van der Waals surface area contributed by atoms with Gasteiger partial charge in [-0.3, -0.25) is 4.79 Å². The number of carbonyl (C=O) groups excluding carboxylic acids is 1. The molecular weight excluding hydrogens is 362 g/mol. The van der Waals surface area contributed by atoms with Gasteiger partial charge in [0.15, 0.2) is 4.34 Å². The first kappa shape index (κ1) is 16.2. The molecule has 0 aliphatic carbocycles. The van der Waals surface area contributed by atoms with Crippen molar-refractivity contribution in [3.8, 4) is 0 Å². The number of aromatic nitrogens is 1. The molecule has 1 heterocycles. The number of amides is 1. The Balaban J connectivity index is 1.64. The number of nitrogens with zero attached hydrogens (tertiary/aromatic N) is 1. The van der Waals surface area contributed by atoms with E-state index in [9.17, 15) is 13.6 Å². The fourth-order valence-electron chi connectivity index (χ4n) is 1.85. The Hall–Kier alpha value is -1.70. The topological polar surface area (TPSA) is 42.0 Å². The molecule has 0 radical (unpaired) electrons. The molecule has 0 saturated heterocycles. The van der Waals surface area contributed by atoms with Crippen LogP contribution in [0.1, 0.15) is 0 Å². The lowest BCUT2D eigenvalue weighted by atomic mass is 10.3. The summed E-state index contributed by atoms with van der Waals surface area (Å²) in [4.78, 5) is 16.2. The Morgan fingerprint density at radius 3 is 2.91 bits per heavy atom. The Bertz CT molecular complexity index is 885. The lowest BCUT2D eigenvalue weighted by Gasteiger charge is -2.05. The number of hydrogen-bond acceptors (Lipinski definition) is 4. The minimum Gasteiger partial charge on any atom is -0.323 e. The van der Waals surface area contributed by atoms with Crippen molar-refractivity contribution >= 4 is 56.5 Å². The van der Waals surface area contributed by atoms with Crippen molar-refractivity contribution in [3.63, 3.8) is 0 Å². The van der Waals surface area contributed by atoms with Crippen LogP contribution in [-0.4, -0.2) is 16.6 Å². The fraction of sp³-hybridized carbons (Fsp3) is 0.0667. The molecule has 1 N–H and O–H groups in total. The first-order valence-corrected chi connectivity index (χ1v) is 8.63. The maximum atomic E-state index is 13.5. The first-order chi connectivity index (χ1) is 11.0. The Morgan fingerprint density at radius 2 is 2.09 bits per heavy atom. The minimum absolute atomic E-state index is 0.0451. The Kier molecular flexibility index (Phi) is 4.79. The zero-order chi connectivity index (χ0) is 16.4. The molecule has 0 atom stereocenters. The van der Waals surface area contributed by atoms with Crippen molar-refractivity contribution in [2.75, 3.05) is 11.1 Å². The third kappa shape index (κ3) is 3.99. The van der Waals surface area contributed by atoms with Crippen LogP contribution in [0.5, 0.6) is 0 Å². The van der Waals surface area contributed by atoms with Gasteiger partial charge in [-0.15, -0.1) is 11.3 Å². The second-order valence-electron chi connectivity index (χ2n) is 4.55. The molecule has 8 heteroatoms. The summed E-state index contributed by atoms with van der Waals surface area (Å²) in [5.74, 6) is -1.68. The highest BCUT2D eigenvalue weighted by molar-refractivity contribution is 8.01. The van der Waals surface area contributed by atoms with E-state index in [1.54, 1.807) is 12.1 Å². The highest BCUT2D eigenvalue weighted by atomic mass is 35.5. The number of thioether (sulfide) groups is 1. The third-order valence-corrected chi connectivity index (χ3v) is 5.27. The molecule has 3 nitrogen and oxygen atoms in total. The van der Waals surface area contributed by atoms with Crippen LogP contribution < -0.4 is 5.32 Å². The smallest absolute Gasteiger partial charge is 0.234 e. The molecule has 0 unspecified atom stereocenters. The second-order valence-corrected chi connectivity index (χ2v) is 7.24. The van der Waals surface area contributed by atoms with Crippen LogP contribution >= 0.6 is 34.7 Å². The molecule has 118 valence electrons. The SMILES string of the molecule is O=C(CSc1nc2cc(Cl)ccc2s1)Nc1cc(F)ccc1F. The standard InChI is InChI=1S/C15H9ClF2N2OS2/c16-8-1-4-13-12(5-8)20-15(23-13)22-7-14(21)19-11-6-9(17)2-3-10(11)18/h1-6H,7H2,(H,19,21). The van der Waals surface area contributed by atoms with Gasteiger partial charge in [0.25, 0.3) is 0 Å². The summed E-state index contributed by atoms with van der Waals surface area (Å²) in [7, 11) is 0. The van der Waals surface area contributed by atoms with E-state index in [0.717, 1.165) is 28.4 Å². The molecule has 0 spiro atoms. The number of hydrogen-bond donors (Lipinski definition) is 1. The molecule has 0 bridgehead atoms. The maximum absolute atomic E-state index is 13.5. The van der Waals surface area contributed by atoms with Gasteiger partial charge in [0.1, 0.15) is 11.6 Å². The summed E-state index contributed by atoms with van der Waals surface area (Å²) in [5.41, 5.74) is 0.591. The van der Waals surface area contributed by atoms with Gasteiger partial charge in [0.05, 0.1) is 21.7 Å². The highest BCUT2D eigenvalue weighted by Gasteiger charge is 2.11. The van der Waals surface area contributed by atoms with E-state index < -0.39 is 17.5 Å². The van der Waals surface area contributed by atoms with Crippen molar-refractivity contribution in [1.29, 1.82) is 0 Å². The van der Waals surface area contributed by atoms with Gasteiger partial charge in [-0.25, -0.2) is 13.8 Å². The quantitative estimate of drug-likeness (QED) is 0.660. The van der Waals surface area contributed by atoms with Crippen LogP contribution in [-0.2, 0) is 4.79 Å². The number of carbonyl (C=O) groups is 1. The van der Waals surface area contributed by atoms with Crippen molar-refractivity contribution in [1.82, 2.24) is 4.98 Å². The third-order valence-electron chi connectivity index (χ3n) is 2.86. The van der Waals surface area contributed by atoms with E-state index in [1.165, 1.54) is 23.1 Å². The van der Waals surface area contributed by atoms with Crippen molar-refractivity contribution in [3.05, 3.63) is 53.1 Å². The van der Waals surface area contributed by atoms with Crippen molar-refractivity contribution in [2.24, 2.45) is 0 Å². The van der Waals surface area contributed by atoms with E-state index in [0.29, 0.717) is 9.36 Å². The van der Waals surface area contributed by atoms with Gasteiger partial charge in [-0.2, -0.15) is 0 Å². The summed E-state index contributed by atoms with van der Waals surface area (Å²) >= 11 is 8.57. The Labute approximate surface area is 143 Å². The van der Waals surface area contributed by atoms with E-state index >= 15 is 0 Å². The minimum atomic E-state index is -0.681. The molecule has 0 fully saturated rings. The van der Waals surface area contributed by atoms with E-state index in [1.807, 2.05) is 6.07 Å². The molecule has 1 aromatic heterocycles. The molecule has 0 aliphatic heterocycles. The van der Waals surface area contributed by atoms with Gasteiger partial charge in [0, 0.05) is 11.1 Å². The average Bonchev–Trinajstić information content (AvgIpc) is 2.91. The lowest BCUT2D eigenvalue weighted by Crippen LogP contribution is -2.15. The van der Waals surface area contributed by atoms with Crippen LogP contribution in [0.2, 0.25) is 5.02 Å². The molecule has 2 aromatic carbocycles. The molecule has 3 rings (SSSR count). The van der Waals surface area contributed by atoms with Crippen molar-refractivity contribution < 1.29 is 13.6 Å². The normalized spacial score (nSPS) is 10.9. The van der Waals surface area contributed by atoms with Gasteiger partial charge in [-0.1, -0.05) is 23.4 Å². The Morgan fingerprint density at radius 1 is 1.26 bits per heavy atom. The molecule has 3 aromatic rings. The molecular formula is C15H9ClF2N2OS2. The number of rotatable bonds is 4. The number of halogens is 3. The van der Waals surface area contributed by atoms with Crippen LogP contribution in [0, 0.1) is 11.6 Å². The zero-order valence-corrected chi connectivity index (χ0v) is 13.9. The highest BCUT2D eigenvalue weighted by Crippen LogP contribution is 2.31. The van der Waals surface area contributed by atoms with E-state index in [2.05, 4.69) is 10.3 Å². The number of nitrogens with one attached hydrogen (secondary N) is 1. The first-order valence-electron chi connectivity index (χ1n) is 6.45. The number of thiazole rings is 1. The number of anilines is 1. The van der Waals surface area contributed by atoms with Gasteiger partial charge >= 0.3 is 0 Å². The summed E-state index contributed by atoms with van der Waals surface area (Å²) < 4.78 is 28.2. The predicted molar refractivity (Wildman–Crippen MR) is 90.3 cm³/mol. The average molecular weight is 371 g/mol. The summed E-state index contributed by atoms with van der Waals surface area (Å²) in [5, 5.41) is 2.94. The van der Waals surface area contributed by atoms with Crippen molar-refractivity contribution in [2.45, 2.75) is 4.34 Å².